The van der Waals surface area contributed by atoms with E-state index in [9.17, 15) is 14.4 Å². The molecule has 212 valence electrons. The molecular formula is C30H32Cl2N2O6. The number of carbonyl (C=O) groups is 3. The third-order valence-electron chi connectivity index (χ3n) is 9.42. The second-order valence-corrected chi connectivity index (χ2v) is 12.3. The Morgan fingerprint density at radius 2 is 1.88 bits per heavy atom. The maximum Gasteiger partial charge on any atom is 0.308 e. The van der Waals surface area contributed by atoms with Crippen molar-refractivity contribution in [3.8, 4) is 11.5 Å². The average molecular weight is 588 g/mol. The Hall–Kier alpha value is -2.81. The monoisotopic (exact) mass is 586 g/mol. The lowest BCUT2D eigenvalue weighted by Crippen LogP contribution is -2.78. The highest BCUT2D eigenvalue weighted by atomic mass is 35.5. The standard InChI is InChI=1S/C30H32Cl2N2O6/c1-15(18-5-7-20(31)21(32)13-18)28(37)33-22-9-10-30(40-17(3)36)24-14-19-6-8-23(38-16(2)35)26-25(19)29(30,27(22)39-26)11-12-34(24)4/h5-8,13,15,22,24,27H,9-12,14H2,1-4H3,(H,33,37)/t15?,22?,24-,27?,29+,30-/m1/s1. The third kappa shape index (κ3) is 3.86. The van der Waals surface area contributed by atoms with Gasteiger partial charge in [-0.3, -0.25) is 19.3 Å². The molecule has 40 heavy (non-hydrogen) atoms. The summed E-state index contributed by atoms with van der Waals surface area (Å²) in [6.07, 6.45) is 1.93. The first kappa shape index (κ1) is 27.4. The number of carbonyl (C=O) groups excluding carboxylic acids is 3. The third-order valence-corrected chi connectivity index (χ3v) is 10.2. The van der Waals surface area contributed by atoms with Gasteiger partial charge in [-0.1, -0.05) is 35.3 Å². The van der Waals surface area contributed by atoms with Crippen molar-refractivity contribution in [1.82, 2.24) is 10.2 Å². The van der Waals surface area contributed by atoms with Gasteiger partial charge in [0, 0.05) is 19.4 Å². The van der Waals surface area contributed by atoms with E-state index in [2.05, 4.69) is 17.3 Å². The van der Waals surface area contributed by atoms with Gasteiger partial charge in [0.05, 0.1) is 33.5 Å². The molecule has 2 heterocycles. The van der Waals surface area contributed by atoms with Crippen LogP contribution in [0.15, 0.2) is 30.3 Å². The molecule has 1 spiro atoms. The van der Waals surface area contributed by atoms with E-state index in [1.165, 1.54) is 13.8 Å². The zero-order valence-electron chi connectivity index (χ0n) is 22.9. The van der Waals surface area contributed by atoms with Crippen LogP contribution >= 0.6 is 23.2 Å². The molecule has 1 saturated carbocycles. The van der Waals surface area contributed by atoms with Crippen molar-refractivity contribution in [2.75, 3.05) is 13.6 Å². The van der Waals surface area contributed by atoms with Gasteiger partial charge in [-0.05, 0) is 75.5 Å². The lowest BCUT2D eigenvalue weighted by Gasteiger charge is -2.64. The SMILES string of the molecule is CC(=O)Oc1ccc2c3c1OC1C(NC(=O)C(C)c4ccc(Cl)c(Cl)c4)CC[C@@]4(OC(C)=O)[C@@H](C2)N(C)CC[C@]314. The highest BCUT2D eigenvalue weighted by Gasteiger charge is 2.75. The zero-order chi connectivity index (χ0) is 28.6. The van der Waals surface area contributed by atoms with Crippen LogP contribution in [0.25, 0.3) is 0 Å². The maximum absolute atomic E-state index is 13.6. The lowest BCUT2D eigenvalue weighted by molar-refractivity contribution is -0.216. The summed E-state index contributed by atoms with van der Waals surface area (Å²) >= 11 is 12.3. The molecule has 4 aliphatic rings. The van der Waals surface area contributed by atoms with E-state index in [4.69, 9.17) is 37.4 Å². The van der Waals surface area contributed by atoms with E-state index >= 15 is 0 Å². The van der Waals surface area contributed by atoms with Crippen LogP contribution in [0.3, 0.4) is 0 Å². The number of nitrogens with zero attached hydrogens (tertiary/aromatic N) is 1. The minimum absolute atomic E-state index is 0.0546. The molecule has 2 aromatic carbocycles. The summed E-state index contributed by atoms with van der Waals surface area (Å²) in [6.45, 7) is 5.40. The number of hydrogen-bond acceptors (Lipinski definition) is 7. The van der Waals surface area contributed by atoms with Gasteiger partial charge in [0.1, 0.15) is 11.7 Å². The van der Waals surface area contributed by atoms with E-state index in [1.54, 1.807) is 24.3 Å². The molecule has 0 radical (unpaired) electrons. The summed E-state index contributed by atoms with van der Waals surface area (Å²) in [5.74, 6) is -0.590. The molecule has 8 nitrogen and oxygen atoms in total. The number of likely N-dealkylation sites (tertiary alicyclic amines) is 1. The van der Waals surface area contributed by atoms with Crippen molar-refractivity contribution in [3.05, 3.63) is 57.1 Å². The number of likely N-dealkylation sites (N-methyl/N-ethyl adjacent to an activating group) is 1. The van der Waals surface area contributed by atoms with Crippen molar-refractivity contribution in [2.45, 2.75) is 81.6 Å². The zero-order valence-corrected chi connectivity index (χ0v) is 24.4. The summed E-state index contributed by atoms with van der Waals surface area (Å²) in [7, 11) is 2.07. The Morgan fingerprint density at radius 1 is 1.10 bits per heavy atom. The van der Waals surface area contributed by atoms with Crippen LogP contribution in [0.1, 0.15) is 62.6 Å². The van der Waals surface area contributed by atoms with E-state index in [-0.39, 0.29) is 24.0 Å². The predicted molar refractivity (Wildman–Crippen MR) is 149 cm³/mol. The molecule has 2 aliphatic carbocycles. The molecule has 6 rings (SSSR count). The average Bonchev–Trinajstić information content (AvgIpc) is 3.25. The van der Waals surface area contributed by atoms with E-state index < -0.39 is 29.0 Å². The molecule has 0 aromatic heterocycles. The molecule has 2 bridgehead atoms. The van der Waals surface area contributed by atoms with Crippen molar-refractivity contribution in [3.63, 3.8) is 0 Å². The minimum Gasteiger partial charge on any atom is -0.483 e. The Balaban J connectivity index is 1.43. The molecule has 1 amide bonds. The van der Waals surface area contributed by atoms with Crippen LogP contribution in [0.4, 0.5) is 0 Å². The van der Waals surface area contributed by atoms with E-state index in [0.717, 1.165) is 23.2 Å². The molecule has 1 N–H and O–H groups in total. The molecule has 1 saturated heterocycles. The lowest BCUT2D eigenvalue weighted by atomic mass is 9.48. The number of benzene rings is 2. The largest absolute Gasteiger partial charge is 0.483 e. The van der Waals surface area contributed by atoms with Crippen LogP contribution in [0.5, 0.6) is 11.5 Å². The van der Waals surface area contributed by atoms with Crippen LogP contribution in [-0.4, -0.2) is 60.1 Å². The van der Waals surface area contributed by atoms with Crippen LogP contribution < -0.4 is 14.8 Å². The van der Waals surface area contributed by atoms with E-state index in [0.29, 0.717) is 47.2 Å². The molecule has 10 heteroatoms. The fourth-order valence-electron chi connectivity index (χ4n) is 7.80. The highest BCUT2D eigenvalue weighted by Crippen LogP contribution is 2.66. The predicted octanol–water partition coefficient (Wildman–Crippen LogP) is 4.56. The van der Waals surface area contributed by atoms with Crippen molar-refractivity contribution < 1.29 is 28.6 Å². The number of ether oxygens (including phenoxy) is 3. The van der Waals surface area contributed by atoms with Crippen molar-refractivity contribution in [2.24, 2.45) is 0 Å². The van der Waals surface area contributed by atoms with E-state index in [1.807, 2.05) is 13.0 Å². The first-order valence-electron chi connectivity index (χ1n) is 13.6. The van der Waals surface area contributed by atoms with Gasteiger partial charge in [0.2, 0.25) is 5.91 Å². The minimum atomic E-state index is -0.847. The second-order valence-electron chi connectivity index (χ2n) is 11.5. The van der Waals surface area contributed by atoms with Gasteiger partial charge >= 0.3 is 11.9 Å². The molecule has 6 atom stereocenters. The second kappa shape index (κ2) is 9.64. The van der Waals surface area contributed by atoms with Crippen LogP contribution in [-0.2, 0) is 31.0 Å². The van der Waals surface area contributed by atoms with Gasteiger partial charge in [-0.2, -0.15) is 0 Å². The summed E-state index contributed by atoms with van der Waals surface area (Å²) < 4.78 is 18.7. The topological polar surface area (TPSA) is 94.2 Å². The Labute approximate surface area is 243 Å². The van der Waals surface area contributed by atoms with Crippen LogP contribution in [0.2, 0.25) is 10.0 Å². The number of nitrogens with one attached hydrogen (secondary N) is 1. The van der Waals surface area contributed by atoms with Crippen molar-refractivity contribution >= 4 is 41.0 Å². The molecule has 2 aliphatic heterocycles. The summed E-state index contributed by atoms with van der Waals surface area (Å²) in [5.41, 5.74) is 1.22. The molecule has 2 aromatic rings. The molecular weight excluding hydrogens is 555 g/mol. The van der Waals surface area contributed by atoms with Gasteiger partial charge in [0.15, 0.2) is 11.5 Å². The highest BCUT2D eigenvalue weighted by molar-refractivity contribution is 6.42. The normalized spacial score (nSPS) is 30.5. The van der Waals surface area contributed by atoms with Crippen molar-refractivity contribution in [1.29, 1.82) is 0 Å². The molecule has 2 fully saturated rings. The first-order chi connectivity index (χ1) is 19.0. The summed E-state index contributed by atoms with van der Waals surface area (Å²) in [6, 6.07) is 8.54. The Bertz CT molecular complexity index is 1430. The number of halogens is 2. The number of hydrogen-bond donors (Lipinski definition) is 1. The fourth-order valence-corrected chi connectivity index (χ4v) is 8.11. The quantitative estimate of drug-likeness (QED) is 0.405. The summed E-state index contributed by atoms with van der Waals surface area (Å²) in [5, 5.41) is 4.08. The number of rotatable bonds is 5. The van der Waals surface area contributed by atoms with Gasteiger partial charge in [-0.15, -0.1) is 0 Å². The first-order valence-corrected chi connectivity index (χ1v) is 14.4. The number of amides is 1. The van der Waals surface area contributed by atoms with Gasteiger partial charge < -0.3 is 19.5 Å². The maximum atomic E-state index is 13.6. The van der Waals surface area contributed by atoms with Crippen LogP contribution in [0, 0.1) is 0 Å². The summed E-state index contributed by atoms with van der Waals surface area (Å²) in [4.78, 5) is 40.5. The fraction of sp³-hybridized carbons (Fsp3) is 0.500. The number of piperidine rings is 1. The Kier molecular flexibility index (Phi) is 6.59. The smallest absolute Gasteiger partial charge is 0.308 e. The number of esters is 2. The van der Waals surface area contributed by atoms with Gasteiger partial charge in [-0.25, -0.2) is 0 Å². The van der Waals surface area contributed by atoms with Gasteiger partial charge in [0.25, 0.3) is 0 Å². The molecule has 3 unspecified atom stereocenters. The Morgan fingerprint density at radius 3 is 2.58 bits per heavy atom.